The minimum Gasteiger partial charge on any atom is -0.300 e. The molecule has 0 N–H and O–H groups in total. The van der Waals surface area contributed by atoms with Gasteiger partial charge >= 0.3 is 0 Å². The highest BCUT2D eigenvalue weighted by Gasteiger charge is 2.07. The zero-order valence-corrected chi connectivity index (χ0v) is 11.5. The van der Waals surface area contributed by atoms with Gasteiger partial charge in [-0.15, -0.1) is 11.8 Å². The Bertz CT molecular complexity index is 271. The third-order valence-corrected chi connectivity index (χ3v) is 3.62. The minimum atomic E-state index is 0.663. The molecule has 16 heavy (non-hydrogen) atoms. The first kappa shape index (κ1) is 13.6. The average Bonchev–Trinajstić information content (AvgIpc) is 2.29. The molecule has 0 spiro atoms. The monoisotopic (exact) mass is 237 g/mol. The first-order valence-corrected chi connectivity index (χ1v) is 7.14. The van der Waals surface area contributed by atoms with E-state index in [1.807, 2.05) is 11.8 Å². The van der Waals surface area contributed by atoms with E-state index in [1.54, 1.807) is 0 Å². The number of benzene rings is 1. The lowest BCUT2D eigenvalue weighted by atomic mass is 10.3. The Kier molecular flexibility index (Phi) is 6.58. The Balaban J connectivity index is 2.28. The predicted molar refractivity (Wildman–Crippen MR) is 74.2 cm³/mol. The highest BCUT2D eigenvalue weighted by molar-refractivity contribution is 7.99. The van der Waals surface area contributed by atoms with Crippen LogP contribution >= 0.6 is 11.8 Å². The molecule has 1 nitrogen and oxygen atoms in total. The second kappa shape index (κ2) is 7.75. The molecule has 1 aromatic rings. The molecule has 0 atom stereocenters. The van der Waals surface area contributed by atoms with Gasteiger partial charge in [0, 0.05) is 23.2 Å². The average molecular weight is 237 g/mol. The summed E-state index contributed by atoms with van der Waals surface area (Å²) in [5.74, 6) is 1.18. The highest BCUT2D eigenvalue weighted by Crippen LogP contribution is 2.17. The van der Waals surface area contributed by atoms with Crippen molar-refractivity contribution in [3.63, 3.8) is 0 Å². The van der Waals surface area contributed by atoms with Crippen LogP contribution in [0.1, 0.15) is 27.2 Å². The van der Waals surface area contributed by atoms with Gasteiger partial charge in [-0.25, -0.2) is 0 Å². The lowest BCUT2D eigenvalue weighted by Crippen LogP contribution is -2.33. The lowest BCUT2D eigenvalue weighted by Gasteiger charge is -2.25. The van der Waals surface area contributed by atoms with E-state index in [0.717, 1.165) is 0 Å². The van der Waals surface area contributed by atoms with Crippen molar-refractivity contribution < 1.29 is 0 Å². The van der Waals surface area contributed by atoms with Gasteiger partial charge in [-0.05, 0) is 38.9 Å². The Morgan fingerprint density at radius 2 is 1.81 bits per heavy atom. The van der Waals surface area contributed by atoms with E-state index < -0.39 is 0 Å². The van der Waals surface area contributed by atoms with E-state index in [4.69, 9.17) is 0 Å². The zero-order chi connectivity index (χ0) is 11.8. The van der Waals surface area contributed by atoms with Crippen molar-refractivity contribution in [2.24, 2.45) is 0 Å². The van der Waals surface area contributed by atoms with Crippen molar-refractivity contribution in [3.05, 3.63) is 30.3 Å². The van der Waals surface area contributed by atoms with Gasteiger partial charge in [0.15, 0.2) is 0 Å². The van der Waals surface area contributed by atoms with Crippen molar-refractivity contribution in [2.75, 3.05) is 18.8 Å². The van der Waals surface area contributed by atoms with Gasteiger partial charge in [0.2, 0.25) is 0 Å². The molecule has 0 saturated heterocycles. The molecule has 1 aromatic carbocycles. The molecule has 0 radical (unpaired) electrons. The van der Waals surface area contributed by atoms with E-state index in [-0.39, 0.29) is 0 Å². The Morgan fingerprint density at radius 3 is 2.38 bits per heavy atom. The number of nitrogens with zero attached hydrogens (tertiary/aromatic N) is 1. The van der Waals surface area contributed by atoms with Crippen LogP contribution in [0.25, 0.3) is 0 Å². The largest absolute Gasteiger partial charge is 0.300 e. The van der Waals surface area contributed by atoms with Gasteiger partial charge in [0.25, 0.3) is 0 Å². The summed E-state index contributed by atoms with van der Waals surface area (Å²) in [5.41, 5.74) is 0. The van der Waals surface area contributed by atoms with Crippen molar-refractivity contribution in [1.82, 2.24) is 4.90 Å². The van der Waals surface area contributed by atoms with Gasteiger partial charge in [-0.3, -0.25) is 0 Å². The van der Waals surface area contributed by atoms with Crippen molar-refractivity contribution >= 4 is 11.8 Å². The number of rotatable bonds is 7. The van der Waals surface area contributed by atoms with E-state index >= 15 is 0 Å². The molecule has 0 amide bonds. The molecule has 0 saturated carbocycles. The second-order valence-corrected chi connectivity index (χ2v) is 5.46. The van der Waals surface area contributed by atoms with Crippen LogP contribution in [0.2, 0.25) is 0 Å². The molecular weight excluding hydrogens is 214 g/mol. The minimum absolute atomic E-state index is 0.663. The Hall–Kier alpha value is -0.470. The normalized spacial score (nSPS) is 11.3. The summed E-state index contributed by atoms with van der Waals surface area (Å²) in [6, 6.07) is 11.3. The predicted octanol–water partition coefficient (Wildman–Crippen LogP) is 3.90. The summed E-state index contributed by atoms with van der Waals surface area (Å²) in [6.45, 7) is 9.21. The van der Waals surface area contributed by atoms with Crippen LogP contribution in [0.3, 0.4) is 0 Å². The van der Waals surface area contributed by atoms with Crippen LogP contribution in [-0.4, -0.2) is 29.8 Å². The van der Waals surface area contributed by atoms with Crippen molar-refractivity contribution in [1.29, 1.82) is 0 Å². The third-order valence-electron chi connectivity index (χ3n) is 2.63. The van der Waals surface area contributed by atoms with Crippen molar-refractivity contribution in [3.8, 4) is 0 Å². The first-order valence-electron chi connectivity index (χ1n) is 6.16. The van der Waals surface area contributed by atoms with Gasteiger partial charge in [-0.2, -0.15) is 0 Å². The fourth-order valence-corrected chi connectivity index (χ4v) is 2.62. The highest BCUT2D eigenvalue weighted by atomic mass is 32.2. The molecule has 90 valence electrons. The Labute approximate surface area is 104 Å². The van der Waals surface area contributed by atoms with Gasteiger partial charge in [-0.1, -0.05) is 25.1 Å². The summed E-state index contributed by atoms with van der Waals surface area (Å²) in [7, 11) is 0. The molecule has 0 heterocycles. The maximum Gasteiger partial charge on any atom is 0.0108 e. The van der Waals surface area contributed by atoms with Gasteiger partial charge in [0.1, 0.15) is 0 Å². The maximum absolute atomic E-state index is 2.55. The third kappa shape index (κ3) is 5.04. The van der Waals surface area contributed by atoms with Crippen LogP contribution in [0.15, 0.2) is 35.2 Å². The molecule has 1 rings (SSSR count). The molecule has 2 heteroatoms. The number of hydrogen-bond donors (Lipinski definition) is 0. The lowest BCUT2D eigenvalue weighted by molar-refractivity contribution is 0.236. The van der Waals surface area contributed by atoms with E-state index in [0.29, 0.717) is 6.04 Å². The summed E-state index contributed by atoms with van der Waals surface area (Å²) >= 11 is 1.95. The fourth-order valence-electron chi connectivity index (χ4n) is 1.71. The molecular formula is C14H23NS. The van der Waals surface area contributed by atoms with Gasteiger partial charge in [0.05, 0.1) is 0 Å². The molecule has 0 aliphatic carbocycles. The standard InChI is InChI=1S/C14H23NS/c1-4-10-15(13(2)3)11-12-16-14-8-6-5-7-9-14/h5-9,13H,4,10-12H2,1-3H3. The van der Waals surface area contributed by atoms with Gasteiger partial charge < -0.3 is 4.90 Å². The molecule has 0 fully saturated rings. The van der Waals surface area contributed by atoms with E-state index in [2.05, 4.69) is 56.0 Å². The smallest absolute Gasteiger partial charge is 0.0108 e. The summed E-state index contributed by atoms with van der Waals surface area (Å²) in [4.78, 5) is 3.93. The van der Waals surface area contributed by atoms with Crippen LogP contribution < -0.4 is 0 Å². The SMILES string of the molecule is CCCN(CCSc1ccccc1)C(C)C. The molecule has 0 bridgehead atoms. The molecule has 0 unspecified atom stereocenters. The topological polar surface area (TPSA) is 3.24 Å². The molecule has 0 aliphatic heterocycles. The summed E-state index contributed by atoms with van der Waals surface area (Å²) < 4.78 is 0. The van der Waals surface area contributed by atoms with Crippen molar-refractivity contribution in [2.45, 2.75) is 38.1 Å². The quantitative estimate of drug-likeness (QED) is 0.662. The number of hydrogen-bond acceptors (Lipinski definition) is 2. The summed E-state index contributed by atoms with van der Waals surface area (Å²) in [6.07, 6.45) is 1.24. The van der Waals surface area contributed by atoms with Crippen LogP contribution in [-0.2, 0) is 0 Å². The van der Waals surface area contributed by atoms with E-state index in [1.165, 1.54) is 30.2 Å². The first-order chi connectivity index (χ1) is 7.74. The van der Waals surface area contributed by atoms with Crippen LogP contribution in [0, 0.1) is 0 Å². The fraction of sp³-hybridized carbons (Fsp3) is 0.571. The van der Waals surface area contributed by atoms with Crippen LogP contribution in [0.5, 0.6) is 0 Å². The van der Waals surface area contributed by atoms with E-state index in [9.17, 15) is 0 Å². The number of thioether (sulfide) groups is 1. The molecule has 0 aromatic heterocycles. The second-order valence-electron chi connectivity index (χ2n) is 4.29. The molecule has 0 aliphatic rings. The Morgan fingerprint density at radius 1 is 1.12 bits per heavy atom. The van der Waals surface area contributed by atoms with Crippen LogP contribution in [0.4, 0.5) is 0 Å². The maximum atomic E-state index is 2.55. The summed E-state index contributed by atoms with van der Waals surface area (Å²) in [5, 5.41) is 0. The zero-order valence-electron chi connectivity index (χ0n) is 10.6.